The average Bonchev–Trinajstić information content (AvgIpc) is 2.54. The Labute approximate surface area is 131 Å². The summed E-state index contributed by atoms with van der Waals surface area (Å²) in [6.07, 6.45) is -0.548. The van der Waals surface area contributed by atoms with Crippen LogP contribution in [0.1, 0.15) is 18.1 Å². The topological polar surface area (TPSA) is 47.6 Å². The van der Waals surface area contributed by atoms with E-state index < -0.39 is 6.10 Å². The van der Waals surface area contributed by atoms with Crippen LogP contribution in [0.5, 0.6) is 11.5 Å². The van der Waals surface area contributed by atoms with E-state index in [1.807, 2.05) is 55.5 Å². The largest absolute Gasteiger partial charge is 0.497 e. The molecule has 2 aromatic rings. The molecule has 0 radical (unpaired) electrons. The van der Waals surface area contributed by atoms with Crippen LogP contribution in [0.2, 0.25) is 0 Å². The predicted molar refractivity (Wildman–Crippen MR) is 86.1 cm³/mol. The van der Waals surface area contributed by atoms with E-state index in [9.17, 15) is 4.79 Å². The predicted octanol–water partition coefficient (Wildman–Crippen LogP) is 3.09. The number of hydrogen-bond donors (Lipinski definition) is 1. The number of nitrogens with one attached hydrogen (secondary N) is 1. The second-order valence-corrected chi connectivity index (χ2v) is 5.14. The van der Waals surface area contributed by atoms with E-state index in [2.05, 4.69) is 5.32 Å². The molecule has 0 heterocycles. The van der Waals surface area contributed by atoms with Gasteiger partial charge in [0.25, 0.3) is 5.91 Å². The first-order valence-corrected chi connectivity index (χ1v) is 7.22. The third-order valence-corrected chi connectivity index (χ3v) is 3.30. The Hall–Kier alpha value is -2.49. The molecule has 4 nitrogen and oxygen atoms in total. The highest BCUT2D eigenvalue weighted by Gasteiger charge is 2.14. The van der Waals surface area contributed by atoms with Crippen molar-refractivity contribution in [1.29, 1.82) is 0 Å². The molecule has 1 amide bonds. The summed E-state index contributed by atoms with van der Waals surface area (Å²) in [5.41, 5.74) is 2.14. The summed E-state index contributed by atoms with van der Waals surface area (Å²) in [5.74, 6) is 1.31. The molecule has 0 bridgehead atoms. The number of carbonyl (C=O) groups excluding carboxylic acids is 1. The van der Waals surface area contributed by atoms with Crippen LogP contribution in [-0.4, -0.2) is 19.1 Å². The molecule has 0 fully saturated rings. The number of methoxy groups -OCH3 is 1. The van der Waals surface area contributed by atoms with Gasteiger partial charge in [0.15, 0.2) is 6.10 Å². The maximum atomic E-state index is 12.1. The fourth-order valence-corrected chi connectivity index (χ4v) is 1.99. The number of carbonyl (C=O) groups is 1. The van der Waals surface area contributed by atoms with Gasteiger partial charge in [0.2, 0.25) is 0 Å². The van der Waals surface area contributed by atoms with Crippen molar-refractivity contribution >= 4 is 5.91 Å². The molecular weight excluding hydrogens is 278 g/mol. The molecule has 0 aliphatic heterocycles. The molecule has 1 atom stereocenters. The van der Waals surface area contributed by atoms with Crippen molar-refractivity contribution in [2.45, 2.75) is 26.5 Å². The zero-order chi connectivity index (χ0) is 15.9. The molecule has 1 N–H and O–H groups in total. The quantitative estimate of drug-likeness (QED) is 0.891. The van der Waals surface area contributed by atoms with Gasteiger partial charge in [-0.15, -0.1) is 0 Å². The summed E-state index contributed by atoms with van der Waals surface area (Å²) in [5, 5.41) is 2.86. The Kier molecular flexibility index (Phi) is 5.42. The maximum Gasteiger partial charge on any atom is 0.261 e. The number of rotatable bonds is 6. The summed E-state index contributed by atoms with van der Waals surface area (Å²) < 4.78 is 10.8. The van der Waals surface area contributed by atoms with Gasteiger partial charge in [-0.25, -0.2) is 0 Å². The molecule has 0 aromatic heterocycles. The van der Waals surface area contributed by atoms with Crippen LogP contribution in [0.15, 0.2) is 48.5 Å². The van der Waals surface area contributed by atoms with Crippen LogP contribution in [0, 0.1) is 6.92 Å². The van der Waals surface area contributed by atoms with E-state index in [0.29, 0.717) is 12.3 Å². The van der Waals surface area contributed by atoms with Gasteiger partial charge in [0.05, 0.1) is 7.11 Å². The lowest BCUT2D eigenvalue weighted by Crippen LogP contribution is -2.35. The second kappa shape index (κ2) is 7.50. The Morgan fingerprint density at radius 2 is 1.86 bits per heavy atom. The summed E-state index contributed by atoms with van der Waals surface area (Å²) in [7, 11) is 1.62. The third-order valence-electron chi connectivity index (χ3n) is 3.30. The van der Waals surface area contributed by atoms with Gasteiger partial charge in [-0.3, -0.25) is 4.79 Å². The van der Waals surface area contributed by atoms with Gasteiger partial charge in [0, 0.05) is 6.54 Å². The molecule has 22 heavy (non-hydrogen) atoms. The van der Waals surface area contributed by atoms with Gasteiger partial charge in [0.1, 0.15) is 11.5 Å². The van der Waals surface area contributed by atoms with Crippen LogP contribution in [-0.2, 0) is 11.3 Å². The van der Waals surface area contributed by atoms with Gasteiger partial charge < -0.3 is 14.8 Å². The fourth-order valence-electron chi connectivity index (χ4n) is 1.99. The summed E-state index contributed by atoms with van der Waals surface area (Å²) in [4.78, 5) is 12.1. The summed E-state index contributed by atoms with van der Waals surface area (Å²) in [6.45, 7) is 4.19. The molecular formula is C18H21NO3. The number of ether oxygens (including phenoxy) is 2. The standard InChI is InChI=1S/C18H21NO3/c1-13-7-9-16(10-8-13)22-14(2)18(20)19-12-15-5-4-6-17(11-15)21-3/h4-11,14H,12H2,1-3H3,(H,19,20)/t14-/m1/s1. The van der Waals surface area contributed by atoms with Gasteiger partial charge in [-0.2, -0.15) is 0 Å². The van der Waals surface area contributed by atoms with Crippen molar-refractivity contribution in [3.63, 3.8) is 0 Å². The first kappa shape index (κ1) is 15.9. The molecule has 0 aliphatic rings. The lowest BCUT2D eigenvalue weighted by molar-refractivity contribution is -0.127. The first-order chi connectivity index (χ1) is 10.6. The van der Waals surface area contributed by atoms with E-state index in [1.54, 1.807) is 14.0 Å². The smallest absolute Gasteiger partial charge is 0.261 e. The van der Waals surface area contributed by atoms with Crippen molar-refractivity contribution in [3.05, 3.63) is 59.7 Å². The van der Waals surface area contributed by atoms with E-state index >= 15 is 0 Å². The Morgan fingerprint density at radius 3 is 2.55 bits per heavy atom. The maximum absolute atomic E-state index is 12.1. The number of benzene rings is 2. The molecule has 0 saturated carbocycles. The number of hydrogen-bond acceptors (Lipinski definition) is 3. The monoisotopic (exact) mass is 299 g/mol. The first-order valence-electron chi connectivity index (χ1n) is 7.22. The SMILES string of the molecule is COc1cccc(CNC(=O)[C@@H](C)Oc2ccc(C)cc2)c1. The minimum Gasteiger partial charge on any atom is -0.497 e. The fraction of sp³-hybridized carbons (Fsp3) is 0.278. The zero-order valence-corrected chi connectivity index (χ0v) is 13.1. The van der Waals surface area contributed by atoms with Crippen LogP contribution in [0.3, 0.4) is 0 Å². The minimum atomic E-state index is -0.548. The Morgan fingerprint density at radius 1 is 1.14 bits per heavy atom. The molecule has 0 aliphatic carbocycles. The lowest BCUT2D eigenvalue weighted by Gasteiger charge is -2.15. The average molecular weight is 299 g/mol. The van der Waals surface area contributed by atoms with Crippen molar-refractivity contribution in [2.75, 3.05) is 7.11 Å². The molecule has 0 unspecified atom stereocenters. The highest BCUT2D eigenvalue weighted by atomic mass is 16.5. The third kappa shape index (κ3) is 4.52. The molecule has 2 rings (SSSR count). The molecule has 0 spiro atoms. The zero-order valence-electron chi connectivity index (χ0n) is 13.1. The molecule has 0 saturated heterocycles. The summed E-state index contributed by atoms with van der Waals surface area (Å²) >= 11 is 0. The normalized spacial score (nSPS) is 11.6. The second-order valence-electron chi connectivity index (χ2n) is 5.14. The Balaban J connectivity index is 1.86. The van der Waals surface area contributed by atoms with Crippen LogP contribution in [0.25, 0.3) is 0 Å². The van der Waals surface area contributed by atoms with Gasteiger partial charge >= 0.3 is 0 Å². The molecule has 4 heteroatoms. The highest BCUT2D eigenvalue weighted by molar-refractivity contribution is 5.80. The van der Waals surface area contributed by atoms with Crippen LogP contribution >= 0.6 is 0 Å². The molecule has 116 valence electrons. The van der Waals surface area contributed by atoms with Gasteiger partial charge in [-0.1, -0.05) is 29.8 Å². The minimum absolute atomic E-state index is 0.150. The van der Waals surface area contributed by atoms with E-state index in [4.69, 9.17) is 9.47 Å². The Bertz CT molecular complexity index is 622. The van der Waals surface area contributed by atoms with E-state index in [0.717, 1.165) is 16.9 Å². The molecule has 2 aromatic carbocycles. The van der Waals surface area contributed by atoms with E-state index in [1.165, 1.54) is 0 Å². The lowest BCUT2D eigenvalue weighted by atomic mass is 10.2. The van der Waals surface area contributed by atoms with Crippen LogP contribution < -0.4 is 14.8 Å². The van der Waals surface area contributed by atoms with Crippen molar-refractivity contribution < 1.29 is 14.3 Å². The highest BCUT2D eigenvalue weighted by Crippen LogP contribution is 2.14. The van der Waals surface area contributed by atoms with E-state index in [-0.39, 0.29) is 5.91 Å². The number of aryl methyl sites for hydroxylation is 1. The van der Waals surface area contributed by atoms with Gasteiger partial charge in [-0.05, 0) is 43.7 Å². The van der Waals surface area contributed by atoms with Crippen molar-refractivity contribution in [3.8, 4) is 11.5 Å². The van der Waals surface area contributed by atoms with Crippen LogP contribution in [0.4, 0.5) is 0 Å². The van der Waals surface area contributed by atoms with Crippen molar-refractivity contribution in [1.82, 2.24) is 5.32 Å². The number of amides is 1. The van der Waals surface area contributed by atoms with Crippen molar-refractivity contribution in [2.24, 2.45) is 0 Å². The summed E-state index contributed by atoms with van der Waals surface area (Å²) in [6, 6.07) is 15.2.